The molecule has 0 bridgehead atoms. The lowest BCUT2D eigenvalue weighted by Gasteiger charge is -2.09. The zero-order valence-electron chi connectivity index (χ0n) is 11.7. The highest BCUT2D eigenvalue weighted by atomic mass is 15.5. The largest absolute Gasteiger partial charge is 0.377 e. The van der Waals surface area contributed by atoms with Crippen molar-refractivity contribution < 1.29 is 0 Å². The summed E-state index contributed by atoms with van der Waals surface area (Å²) in [6.07, 6.45) is 7.66. The first-order valence-corrected chi connectivity index (χ1v) is 7.17. The summed E-state index contributed by atoms with van der Waals surface area (Å²) in [5.74, 6) is 0.765. The molecule has 104 valence electrons. The summed E-state index contributed by atoms with van der Waals surface area (Å²) in [4.78, 5) is 2.30. The molecule has 20 heavy (non-hydrogen) atoms. The summed E-state index contributed by atoms with van der Waals surface area (Å²) >= 11 is 0. The fourth-order valence-corrected chi connectivity index (χ4v) is 2.42. The molecule has 1 aromatic carbocycles. The standard InChI is InChI=1S/C15H19N5/c1-2-13-5-7-14(8-6-13)20-15(16-17-18-20)9-12-19-10-3-4-11-19/h5-9,12H,2-4,10-11H2,1H3. The van der Waals surface area contributed by atoms with Gasteiger partial charge in [-0.3, -0.25) is 0 Å². The Morgan fingerprint density at radius 1 is 1.15 bits per heavy atom. The fraction of sp³-hybridized carbons (Fsp3) is 0.400. The number of likely N-dealkylation sites (tertiary alicyclic amines) is 1. The van der Waals surface area contributed by atoms with Gasteiger partial charge in [0.1, 0.15) is 0 Å². The maximum Gasteiger partial charge on any atom is 0.181 e. The summed E-state index contributed by atoms with van der Waals surface area (Å²) < 4.78 is 1.77. The number of benzene rings is 1. The summed E-state index contributed by atoms with van der Waals surface area (Å²) in [5.41, 5.74) is 2.31. The highest BCUT2D eigenvalue weighted by Gasteiger charge is 2.09. The Labute approximate surface area is 118 Å². The van der Waals surface area contributed by atoms with Crippen molar-refractivity contribution in [3.63, 3.8) is 0 Å². The molecule has 0 aliphatic carbocycles. The first-order valence-electron chi connectivity index (χ1n) is 7.17. The minimum absolute atomic E-state index is 0.765. The lowest BCUT2D eigenvalue weighted by molar-refractivity contribution is 0.470. The number of aromatic nitrogens is 4. The first kappa shape index (κ1) is 12.8. The lowest BCUT2D eigenvalue weighted by atomic mass is 10.1. The number of nitrogens with zero attached hydrogens (tertiary/aromatic N) is 5. The minimum Gasteiger partial charge on any atom is -0.377 e. The average Bonchev–Trinajstić information content (AvgIpc) is 3.16. The van der Waals surface area contributed by atoms with Crippen molar-refractivity contribution in [2.45, 2.75) is 26.2 Å². The summed E-state index contributed by atoms with van der Waals surface area (Å²) in [7, 11) is 0. The Hall–Kier alpha value is -2.17. The number of aryl methyl sites for hydroxylation is 1. The van der Waals surface area contributed by atoms with Gasteiger partial charge in [0.25, 0.3) is 0 Å². The molecule has 0 N–H and O–H groups in total. The summed E-state index contributed by atoms with van der Waals surface area (Å²) in [6, 6.07) is 8.35. The Morgan fingerprint density at radius 2 is 1.90 bits per heavy atom. The van der Waals surface area contributed by atoms with E-state index in [9.17, 15) is 0 Å². The number of tetrazole rings is 1. The maximum atomic E-state index is 4.08. The Balaban J connectivity index is 1.81. The van der Waals surface area contributed by atoms with E-state index in [1.807, 2.05) is 6.08 Å². The molecular weight excluding hydrogens is 250 g/mol. The quantitative estimate of drug-likeness (QED) is 0.854. The predicted octanol–water partition coefficient (Wildman–Crippen LogP) is 2.29. The van der Waals surface area contributed by atoms with E-state index >= 15 is 0 Å². The molecule has 0 spiro atoms. The van der Waals surface area contributed by atoms with Crippen LogP contribution in [0.5, 0.6) is 0 Å². The van der Waals surface area contributed by atoms with Gasteiger partial charge in [0.05, 0.1) is 5.69 Å². The average molecular weight is 269 g/mol. The van der Waals surface area contributed by atoms with Crippen molar-refractivity contribution in [1.82, 2.24) is 25.1 Å². The van der Waals surface area contributed by atoms with Gasteiger partial charge in [-0.2, -0.15) is 4.68 Å². The van der Waals surface area contributed by atoms with Crippen LogP contribution in [-0.4, -0.2) is 38.2 Å². The normalized spacial score (nSPS) is 15.3. The Bertz CT molecular complexity index is 579. The molecular formula is C15H19N5. The number of hydrogen-bond donors (Lipinski definition) is 0. The summed E-state index contributed by atoms with van der Waals surface area (Å²) in [5, 5.41) is 11.9. The van der Waals surface area contributed by atoms with Gasteiger partial charge in [-0.15, -0.1) is 5.10 Å². The van der Waals surface area contributed by atoms with Crippen LogP contribution in [0.25, 0.3) is 11.8 Å². The number of hydrogen-bond acceptors (Lipinski definition) is 4. The van der Waals surface area contributed by atoms with Crippen LogP contribution in [0.15, 0.2) is 30.5 Å². The second-order valence-electron chi connectivity index (χ2n) is 5.03. The molecule has 1 aliphatic rings. The summed E-state index contributed by atoms with van der Waals surface area (Å²) in [6.45, 7) is 4.41. The fourth-order valence-electron chi connectivity index (χ4n) is 2.42. The predicted molar refractivity (Wildman–Crippen MR) is 78.4 cm³/mol. The first-order chi connectivity index (χ1) is 9.86. The van der Waals surface area contributed by atoms with Gasteiger partial charge in [0, 0.05) is 25.4 Å². The van der Waals surface area contributed by atoms with Crippen LogP contribution >= 0.6 is 0 Å². The SMILES string of the molecule is CCc1ccc(-n2nnnc2C=CN2CCCC2)cc1. The van der Waals surface area contributed by atoms with E-state index in [-0.39, 0.29) is 0 Å². The highest BCUT2D eigenvalue weighted by Crippen LogP contribution is 2.13. The minimum atomic E-state index is 0.765. The van der Waals surface area contributed by atoms with Crippen LogP contribution in [0.1, 0.15) is 31.2 Å². The molecule has 5 nitrogen and oxygen atoms in total. The van der Waals surface area contributed by atoms with E-state index in [1.165, 1.54) is 18.4 Å². The zero-order chi connectivity index (χ0) is 13.8. The van der Waals surface area contributed by atoms with Crippen molar-refractivity contribution in [3.8, 4) is 5.69 Å². The second-order valence-corrected chi connectivity index (χ2v) is 5.03. The van der Waals surface area contributed by atoms with E-state index in [0.29, 0.717) is 0 Å². The molecule has 0 atom stereocenters. The van der Waals surface area contributed by atoms with Gasteiger partial charge < -0.3 is 4.90 Å². The van der Waals surface area contributed by atoms with E-state index in [4.69, 9.17) is 0 Å². The van der Waals surface area contributed by atoms with Crippen LogP contribution in [0.4, 0.5) is 0 Å². The third-order valence-electron chi connectivity index (χ3n) is 3.66. The molecule has 2 heterocycles. The molecule has 0 saturated carbocycles. The van der Waals surface area contributed by atoms with Crippen molar-refractivity contribution in [3.05, 3.63) is 41.9 Å². The molecule has 0 amide bonds. The van der Waals surface area contributed by atoms with Gasteiger partial charge in [0.15, 0.2) is 5.82 Å². The van der Waals surface area contributed by atoms with E-state index in [0.717, 1.165) is 31.0 Å². The molecule has 0 unspecified atom stereocenters. The van der Waals surface area contributed by atoms with Crippen molar-refractivity contribution in [2.24, 2.45) is 0 Å². The Kier molecular flexibility index (Phi) is 3.76. The highest BCUT2D eigenvalue weighted by molar-refractivity contribution is 5.44. The van der Waals surface area contributed by atoms with Crippen LogP contribution in [0.3, 0.4) is 0 Å². The van der Waals surface area contributed by atoms with Crippen LogP contribution < -0.4 is 0 Å². The third-order valence-corrected chi connectivity index (χ3v) is 3.66. The van der Waals surface area contributed by atoms with Gasteiger partial charge >= 0.3 is 0 Å². The van der Waals surface area contributed by atoms with Gasteiger partial charge in [0.2, 0.25) is 0 Å². The maximum absolute atomic E-state index is 4.08. The van der Waals surface area contributed by atoms with Crippen LogP contribution in [0, 0.1) is 0 Å². The van der Waals surface area contributed by atoms with E-state index in [2.05, 4.69) is 57.8 Å². The smallest absolute Gasteiger partial charge is 0.181 e. The molecule has 1 aliphatic heterocycles. The topological polar surface area (TPSA) is 46.8 Å². The van der Waals surface area contributed by atoms with Gasteiger partial charge in [-0.25, -0.2) is 0 Å². The van der Waals surface area contributed by atoms with Gasteiger partial charge in [-0.05, 0) is 47.4 Å². The van der Waals surface area contributed by atoms with Crippen molar-refractivity contribution >= 4 is 6.08 Å². The monoisotopic (exact) mass is 269 g/mol. The second kappa shape index (κ2) is 5.86. The van der Waals surface area contributed by atoms with Crippen LogP contribution in [0.2, 0.25) is 0 Å². The molecule has 5 heteroatoms. The molecule has 0 radical (unpaired) electrons. The lowest BCUT2D eigenvalue weighted by Crippen LogP contribution is -2.10. The molecule has 1 aromatic heterocycles. The van der Waals surface area contributed by atoms with Crippen molar-refractivity contribution in [2.75, 3.05) is 13.1 Å². The van der Waals surface area contributed by atoms with E-state index in [1.54, 1.807) is 4.68 Å². The molecule has 1 saturated heterocycles. The molecule has 2 aromatic rings. The zero-order valence-corrected chi connectivity index (χ0v) is 11.7. The van der Waals surface area contributed by atoms with Gasteiger partial charge in [-0.1, -0.05) is 19.1 Å². The molecule has 3 rings (SSSR count). The van der Waals surface area contributed by atoms with Crippen LogP contribution in [-0.2, 0) is 6.42 Å². The molecule has 1 fully saturated rings. The number of rotatable bonds is 4. The third kappa shape index (κ3) is 2.71. The Morgan fingerprint density at radius 3 is 2.60 bits per heavy atom. The van der Waals surface area contributed by atoms with E-state index < -0.39 is 0 Å². The van der Waals surface area contributed by atoms with Crippen molar-refractivity contribution in [1.29, 1.82) is 0 Å².